The lowest BCUT2D eigenvalue weighted by Crippen LogP contribution is -2.25. The molecule has 18 heavy (non-hydrogen) atoms. The molecule has 0 saturated heterocycles. The first-order valence-corrected chi connectivity index (χ1v) is 6.79. The fraction of sp³-hybridized carbons (Fsp3) is 0.500. The predicted molar refractivity (Wildman–Crippen MR) is 79.2 cm³/mol. The highest BCUT2D eigenvalue weighted by Gasteiger charge is 2.12. The van der Waals surface area contributed by atoms with E-state index in [9.17, 15) is 0 Å². The molecule has 1 aromatic heterocycles. The molecule has 0 saturated carbocycles. The first-order valence-electron chi connectivity index (χ1n) is 6.79. The molecule has 2 rings (SSSR count). The molecule has 2 nitrogen and oxygen atoms in total. The molecule has 0 amide bonds. The molecule has 0 aliphatic heterocycles. The molecule has 0 spiro atoms. The van der Waals surface area contributed by atoms with E-state index >= 15 is 0 Å². The first kappa shape index (κ1) is 13.2. The summed E-state index contributed by atoms with van der Waals surface area (Å²) in [6.45, 7) is 9.86. The standard InChI is InChI=1S/C16H24N2/c1-11(2)17-10-9-14-13(4)18(5)16-12(3)7-6-8-15(14)16/h6-8,11,17H,9-10H2,1-5H3. The quantitative estimate of drug-likeness (QED) is 0.873. The van der Waals surface area contributed by atoms with E-state index < -0.39 is 0 Å². The molecule has 0 fully saturated rings. The molecule has 1 N–H and O–H groups in total. The third kappa shape index (κ3) is 2.30. The Bertz CT molecular complexity index is 550. The van der Waals surface area contributed by atoms with Gasteiger partial charge in [0.2, 0.25) is 0 Å². The maximum atomic E-state index is 3.50. The van der Waals surface area contributed by atoms with Crippen molar-refractivity contribution in [1.29, 1.82) is 0 Å². The van der Waals surface area contributed by atoms with Crippen molar-refractivity contribution in [1.82, 2.24) is 9.88 Å². The molecule has 0 aliphatic rings. The van der Waals surface area contributed by atoms with Crippen LogP contribution >= 0.6 is 0 Å². The van der Waals surface area contributed by atoms with Gasteiger partial charge in [0.1, 0.15) is 0 Å². The van der Waals surface area contributed by atoms with Crippen LogP contribution in [-0.2, 0) is 13.5 Å². The highest BCUT2D eigenvalue weighted by Crippen LogP contribution is 2.27. The van der Waals surface area contributed by atoms with Crippen LogP contribution in [0.2, 0.25) is 0 Å². The van der Waals surface area contributed by atoms with Crippen LogP contribution in [0.15, 0.2) is 18.2 Å². The van der Waals surface area contributed by atoms with E-state index in [-0.39, 0.29) is 0 Å². The summed E-state index contributed by atoms with van der Waals surface area (Å²) < 4.78 is 2.33. The zero-order valence-electron chi connectivity index (χ0n) is 12.2. The number of aromatic nitrogens is 1. The van der Waals surface area contributed by atoms with Crippen LogP contribution in [0.5, 0.6) is 0 Å². The number of aryl methyl sites for hydroxylation is 2. The minimum Gasteiger partial charge on any atom is -0.347 e. The van der Waals surface area contributed by atoms with E-state index in [1.165, 1.54) is 27.7 Å². The molecule has 0 bridgehead atoms. The van der Waals surface area contributed by atoms with Gasteiger partial charge in [0, 0.05) is 24.2 Å². The summed E-state index contributed by atoms with van der Waals surface area (Å²) >= 11 is 0. The first-order chi connectivity index (χ1) is 8.52. The third-order valence-electron chi connectivity index (χ3n) is 3.77. The van der Waals surface area contributed by atoms with Crippen molar-refractivity contribution in [3.63, 3.8) is 0 Å². The normalized spacial score (nSPS) is 11.7. The summed E-state index contributed by atoms with van der Waals surface area (Å²) in [5, 5.41) is 4.92. The lowest BCUT2D eigenvalue weighted by Gasteiger charge is -2.08. The Kier molecular flexibility index (Phi) is 3.76. The van der Waals surface area contributed by atoms with Crippen LogP contribution in [0, 0.1) is 13.8 Å². The largest absolute Gasteiger partial charge is 0.347 e. The Morgan fingerprint density at radius 1 is 1.22 bits per heavy atom. The van der Waals surface area contributed by atoms with Crippen molar-refractivity contribution < 1.29 is 0 Å². The maximum Gasteiger partial charge on any atom is 0.0512 e. The second-order valence-corrected chi connectivity index (χ2v) is 5.45. The van der Waals surface area contributed by atoms with Crippen LogP contribution in [0.3, 0.4) is 0 Å². The number of para-hydroxylation sites is 1. The van der Waals surface area contributed by atoms with Gasteiger partial charge < -0.3 is 9.88 Å². The van der Waals surface area contributed by atoms with Crippen molar-refractivity contribution in [3.8, 4) is 0 Å². The SMILES string of the molecule is Cc1cccc2c(CCNC(C)C)c(C)n(C)c12. The summed E-state index contributed by atoms with van der Waals surface area (Å²) in [5.74, 6) is 0. The number of benzene rings is 1. The zero-order valence-corrected chi connectivity index (χ0v) is 12.2. The molecule has 98 valence electrons. The molecule has 0 radical (unpaired) electrons. The number of hydrogen-bond donors (Lipinski definition) is 1. The highest BCUT2D eigenvalue weighted by molar-refractivity contribution is 5.88. The number of hydrogen-bond acceptors (Lipinski definition) is 1. The van der Waals surface area contributed by atoms with Gasteiger partial charge in [-0.3, -0.25) is 0 Å². The minimum atomic E-state index is 0.557. The van der Waals surface area contributed by atoms with Gasteiger partial charge in [-0.25, -0.2) is 0 Å². The number of fused-ring (bicyclic) bond motifs is 1. The summed E-state index contributed by atoms with van der Waals surface area (Å²) in [7, 11) is 2.17. The number of nitrogens with one attached hydrogen (secondary N) is 1. The van der Waals surface area contributed by atoms with Gasteiger partial charge in [-0.2, -0.15) is 0 Å². The van der Waals surface area contributed by atoms with Crippen LogP contribution < -0.4 is 5.32 Å². The van der Waals surface area contributed by atoms with Gasteiger partial charge in [0.25, 0.3) is 0 Å². The Labute approximate surface area is 110 Å². The average Bonchev–Trinajstić information content (AvgIpc) is 2.55. The highest BCUT2D eigenvalue weighted by atomic mass is 15.0. The number of rotatable bonds is 4. The van der Waals surface area contributed by atoms with E-state index in [0.717, 1.165) is 13.0 Å². The van der Waals surface area contributed by atoms with Crippen LogP contribution in [0.25, 0.3) is 10.9 Å². The van der Waals surface area contributed by atoms with Gasteiger partial charge in [0.15, 0.2) is 0 Å². The monoisotopic (exact) mass is 244 g/mol. The van der Waals surface area contributed by atoms with Crippen LogP contribution in [-0.4, -0.2) is 17.2 Å². The molecule has 2 heteroatoms. The van der Waals surface area contributed by atoms with Gasteiger partial charge in [-0.05, 0) is 37.9 Å². The summed E-state index contributed by atoms with van der Waals surface area (Å²) in [6, 6.07) is 7.16. The average molecular weight is 244 g/mol. The molecule has 0 aliphatic carbocycles. The topological polar surface area (TPSA) is 17.0 Å². The van der Waals surface area contributed by atoms with Gasteiger partial charge in [-0.1, -0.05) is 32.0 Å². The van der Waals surface area contributed by atoms with Crippen molar-refractivity contribution in [2.24, 2.45) is 7.05 Å². The fourth-order valence-corrected chi connectivity index (χ4v) is 2.71. The summed E-state index contributed by atoms with van der Waals surface area (Å²) in [6.07, 6.45) is 1.10. The van der Waals surface area contributed by atoms with Crippen molar-refractivity contribution in [3.05, 3.63) is 35.0 Å². The summed E-state index contributed by atoms with van der Waals surface area (Å²) in [4.78, 5) is 0. The molecular formula is C16H24N2. The van der Waals surface area contributed by atoms with Gasteiger partial charge >= 0.3 is 0 Å². The molecule has 0 atom stereocenters. The Hall–Kier alpha value is -1.28. The van der Waals surface area contributed by atoms with Crippen molar-refractivity contribution in [2.75, 3.05) is 6.54 Å². The maximum absolute atomic E-state index is 3.50. The van der Waals surface area contributed by atoms with Crippen LogP contribution in [0.4, 0.5) is 0 Å². The Balaban J connectivity index is 2.38. The summed E-state index contributed by atoms with van der Waals surface area (Å²) in [5.41, 5.74) is 5.63. The zero-order chi connectivity index (χ0) is 13.3. The minimum absolute atomic E-state index is 0.557. The fourth-order valence-electron chi connectivity index (χ4n) is 2.71. The lowest BCUT2D eigenvalue weighted by molar-refractivity contribution is 0.590. The number of nitrogens with zero attached hydrogens (tertiary/aromatic N) is 1. The molecule has 2 aromatic rings. The second kappa shape index (κ2) is 5.15. The lowest BCUT2D eigenvalue weighted by atomic mass is 10.1. The van der Waals surface area contributed by atoms with E-state index in [4.69, 9.17) is 0 Å². The van der Waals surface area contributed by atoms with Gasteiger partial charge in [0.05, 0.1) is 5.52 Å². The third-order valence-corrected chi connectivity index (χ3v) is 3.77. The molecule has 1 heterocycles. The van der Waals surface area contributed by atoms with Gasteiger partial charge in [-0.15, -0.1) is 0 Å². The van der Waals surface area contributed by atoms with E-state index in [0.29, 0.717) is 6.04 Å². The molecule has 1 aromatic carbocycles. The van der Waals surface area contributed by atoms with E-state index in [1.54, 1.807) is 0 Å². The Morgan fingerprint density at radius 2 is 1.94 bits per heavy atom. The Morgan fingerprint density at radius 3 is 2.61 bits per heavy atom. The van der Waals surface area contributed by atoms with Crippen LogP contribution in [0.1, 0.15) is 30.7 Å². The molecule has 0 unspecified atom stereocenters. The van der Waals surface area contributed by atoms with E-state index in [1.807, 2.05) is 0 Å². The predicted octanol–water partition coefficient (Wildman–Crippen LogP) is 3.34. The second-order valence-electron chi connectivity index (χ2n) is 5.45. The van der Waals surface area contributed by atoms with Crippen molar-refractivity contribution >= 4 is 10.9 Å². The van der Waals surface area contributed by atoms with E-state index in [2.05, 4.69) is 62.8 Å². The smallest absolute Gasteiger partial charge is 0.0512 e. The molecular weight excluding hydrogens is 220 g/mol. The van der Waals surface area contributed by atoms with Crippen molar-refractivity contribution in [2.45, 2.75) is 40.2 Å².